The highest BCUT2D eigenvalue weighted by molar-refractivity contribution is 5.69. The summed E-state index contributed by atoms with van der Waals surface area (Å²) in [6, 6.07) is 0. The van der Waals surface area contributed by atoms with Crippen LogP contribution in [0.5, 0.6) is 0 Å². The van der Waals surface area contributed by atoms with E-state index < -0.39 is 6.10 Å². The van der Waals surface area contributed by atoms with Gasteiger partial charge in [0.15, 0.2) is 0 Å². The first kappa shape index (κ1) is 22.4. The number of aliphatic hydroxyl groups excluding tert-OH is 1. The molecule has 0 radical (unpaired) electrons. The maximum absolute atomic E-state index is 11.4. The van der Waals surface area contributed by atoms with Crippen molar-refractivity contribution in [3.63, 3.8) is 0 Å². The van der Waals surface area contributed by atoms with Gasteiger partial charge in [0, 0.05) is 13.0 Å². The van der Waals surface area contributed by atoms with Gasteiger partial charge in [-0.05, 0) is 6.42 Å². The minimum Gasteiger partial charge on any atom is -0.463 e. The summed E-state index contributed by atoms with van der Waals surface area (Å²) in [6.07, 6.45) is 16.6. The van der Waals surface area contributed by atoms with E-state index in [2.05, 4.69) is 6.92 Å². The van der Waals surface area contributed by atoms with Gasteiger partial charge in [0.2, 0.25) is 0 Å². The fourth-order valence-corrected chi connectivity index (χ4v) is 2.62. The molecule has 0 heterocycles. The van der Waals surface area contributed by atoms with E-state index in [1.165, 1.54) is 70.6 Å². The van der Waals surface area contributed by atoms with Crippen LogP contribution >= 0.6 is 0 Å². The van der Waals surface area contributed by atoms with Crippen LogP contribution in [-0.4, -0.2) is 30.3 Å². The van der Waals surface area contributed by atoms with Gasteiger partial charge in [-0.3, -0.25) is 4.79 Å². The first-order valence-electron chi connectivity index (χ1n) is 9.74. The molecule has 4 nitrogen and oxygen atoms in total. The summed E-state index contributed by atoms with van der Waals surface area (Å²) in [5.41, 5.74) is 5.24. The molecule has 0 aromatic heterocycles. The van der Waals surface area contributed by atoms with Crippen molar-refractivity contribution in [3.8, 4) is 0 Å². The minimum atomic E-state index is -0.731. The third-order valence-electron chi connectivity index (χ3n) is 4.19. The van der Waals surface area contributed by atoms with E-state index in [4.69, 9.17) is 10.5 Å². The summed E-state index contributed by atoms with van der Waals surface area (Å²) >= 11 is 0. The molecule has 3 N–H and O–H groups in total. The van der Waals surface area contributed by atoms with Gasteiger partial charge in [0.05, 0.1) is 0 Å². The highest BCUT2D eigenvalue weighted by atomic mass is 16.5. The number of hydrogen-bond donors (Lipinski definition) is 2. The van der Waals surface area contributed by atoms with Crippen LogP contribution in [0.4, 0.5) is 0 Å². The molecule has 1 atom stereocenters. The molecule has 0 saturated heterocycles. The smallest absolute Gasteiger partial charge is 0.305 e. The third-order valence-corrected chi connectivity index (χ3v) is 4.19. The maximum atomic E-state index is 11.4. The Kier molecular flexibility index (Phi) is 17.3. The van der Waals surface area contributed by atoms with E-state index in [0.29, 0.717) is 6.42 Å². The number of ether oxygens (including phenoxy) is 1. The molecule has 0 aliphatic rings. The van der Waals surface area contributed by atoms with Crippen molar-refractivity contribution in [1.29, 1.82) is 0 Å². The van der Waals surface area contributed by atoms with Crippen LogP contribution in [0.1, 0.15) is 96.8 Å². The van der Waals surface area contributed by atoms with Gasteiger partial charge >= 0.3 is 5.97 Å². The van der Waals surface area contributed by atoms with Gasteiger partial charge in [-0.15, -0.1) is 0 Å². The lowest BCUT2D eigenvalue weighted by molar-refractivity contribution is -0.146. The molecule has 0 aliphatic carbocycles. The van der Waals surface area contributed by atoms with Crippen molar-refractivity contribution >= 4 is 5.97 Å². The lowest BCUT2D eigenvalue weighted by Gasteiger charge is -2.08. The van der Waals surface area contributed by atoms with Gasteiger partial charge in [0.1, 0.15) is 12.7 Å². The highest BCUT2D eigenvalue weighted by Crippen LogP contribution is 2.13. The summed E-state index contributed by atoms with van der Waals surface area (Å²) in [7, 11) is 0. The Labute approximate surface area is 143 Å². The Morgan fingerprint density at radius 2 is 1.30 bits per heavy atom. The number of aliphatic hydroxyl groups is 1. The summed E-state index contributed by atoms with van der Waals surface area (Å²) in [5.74, 6) is -0.222. The van der Waals surface area contributed by atoms with E-state index in [-0.39, 0.29) is 19.1 Å². The number of rotatable bonds is 17. The van der Waals surface area contributed by atoms with Crippen LogP contribution in [0.25, 0.3) is 0 Å². The fraction of sp³-hybridized carbons (Fsp3) is 0.947. The molecule has 0 bridgehead atoms. The largest absolute Gasteiger partial charge is 0.463 e. The quantitative estimate of drug-likeness (QED) is 0.308. The van der Waals surface area contributed by atoms with E-state index in [1.54, 1.807) is 0 Å². The van der Waals surface area contributed by atoms with Crippen LogP contribution in [0.2, 0.25) is 0 Å². The van der Waals surface area contributed by atoms with Gasteiger partial charge in [0.25, 0.3) is 0 Å². The van der Waals surface area contributed by atoms with Gasteiger partial charge < -0.3 is 15.6 Å². The number of nitrogens with two attached hydrogens (primary N) is 1. The molecule has 0 rings (SSSR count). The Morgan fingerprint density at radius 3 is 1.74 bits per heavy atom. The zero-order valence-electron chi connectivity index (χ0n) is 15.2. The Hall–Kier alpha value is -0.610. The Morgan fingerprint density at radius 1 is 0.870 bits per heavy atom. The van der Waals surface area contributed by atoms with Gasteiger partial charge in [-0.25, -0.2) is 0 Å². The second-order valence-corrected chi connectivity index (χ2v) is 6.57. The zero-order chi connectivity index (χ0) is 17.2. The Bertz CT molecular complexity index is 259. The fourth-order valence-electron chi connectivity index (χ4n) is 2.62. The van der Waals surface area contributed by atoms with E-state index >= 15 is 0 Å². The topological polar surface area (TPSA) is 72.5 Å². The van der Waals surface area contributed by atoms with Crippen molar-refractivity contribution < 1.29 is 14.6 Å². The van der Waals surface area contributed by atoms with E-state index in [0.717, 1.165) is 12.8 Å². The van der Waals surface area contributed by atoms with Crippen molar-refractivity contribution in [2.75, 3.05) is 13.2 Å². The van der Waals surface area contributed by atoms with Crippen LogP contribution in [-0.2, 0) is 9.53 Å². The van der Waals surface area contributed by atoms with Crippen LogP contribution < -0.4 is 5.73 Å². The zero-order valence-corrected chi connectivity index (χ0v) is 15.2. The lowest BCUT2D eigenvalue weighted by atomic mass is 10.0. The average Bonchev–Trinajstić information content (AvgIpc) is 2.56. The normalized spacial score (nSPS) is 12.3. The molecule has 0 aromatic rings. The predicted octanol–water partition coefficient (Wildman–Crippen LogP) is 4.33. The third kappa shape index (κ3) is 17.6. The summed E-state index contributed by atoms with van der Waals surface area (Å²) in [4.78, 5) is 11.4. The SMILES string of the molecule is CCCCCCCCCCCCCCCC(=O)OCC(O)CN. The van der Waals surface area contributed by atoms with Crippen LogP contribution in [0.15, 0.2) is 0 Å². The summed E-state index contributed by atoms with van der Waals surface area (Å²) in [6.45, 7) is 2.41. The number of carbonyl (C=O) groups is 1. The molecule has 23 heavy (non-hydrogen) atoms. The summed E-state index contributed by atoms with van der Waals surface area (Å²) in [5, 5.41) is 9.19. The summed E-state index contributed by atoms with van der Waals surface area (Å²) < 4.78 is 4.93. The highest BCUT2D eigenvalue weighted by Gasteiger charge is 2.06. The first-order chi connectivity index (χ1) is 11.2. The van der Waals surface area contributed by atoms with Crippen LogP contribution in [0.3, 0.4) is 0 Å². The Balaban J connectivity index is 3.14. The van der Waals surface area contributed by atoms with E-state index in [9.17, 15) is 9.90 Å². The van der Waals surface area contributed by atoms with Crippen molar-refractivity contribution in [2.24, 2.45) is 5.73 Å². The predicted molar refractivity (Wildman–Crippen MR) is 96.3 cm³/mol. The van der Waals surface area contributed by atoms with Crippen molar-refractivity contribution in [3.05, 3.63) is 0 Å². The average molecular weight is 330 g/mol. The van der Waals surface area contributed by atoms with Crippen LogP contribution in [0, 0.1) is 0 Å². The van der Waals surface area contributed by atoms with Gasteiger partial charge in [-0.2, -0.15) is 0 Å². The maximum Gasteiger partial charge on any atom is 0.305 e. The molecular weight excluding hydrogens is 290 g/mol. The van der Waals surface area contributed by atoms with Crippen molar-refractivity contribution in [1.82, 2.24) is 0 Å². The van der Waals surface area contributed by atoms with Crippen molar-refractivity contribution in [2.45, 2.75) is 103 Å². The lowest BCUT2D eigenvalue weighted by Crippen LogP contribution is -2.26. The molecule has 138 valence electrons. The molecule has 0 fully saturated rings. The molecule has 0 spiro atoms. The first-order valence-corrected chi connectivity index (χ1v) is 9.74. The van der Waals surface area contributed by atoms with E-state index in [1.807, 2.05) is 0 Å². The minimum absolute atomic E-state index is 0.0216. The monoisotopic (exact) mass is 329 g/mol. The number of carbonyl (C=O) groups excluding carboxylic acids is 1. The number of esters is 1. The molecule has 0 saturated carbocycles. The second kappa shape index (κ2) is 17.7. The molecule has 0 aliphatic heterocycles. The molecule has 1 unspecified atom stereocenters. The number of hydrogen-bond acceptors (Lipinski definition) is 4. The number of unbranched alkanes of at least 4 members (excludes halogenated alkanes) is 12. The molecule has 4 heteroatoms. The van der Waals surface area contributed by atoms with Gasteiger partial charge in [-0.1, -0.05) is 84.0 Å². The second-order valence-electron chi connectivity index (χ2n) is 6.57. The molecule has 0 amide bonds. The molecular formula is C19H39NO3. The standard InChI is InChI=1S/C19H39NO3/c1-2-3-4-5-6-7-8-9-10-11-12-13-14-15-19(22)23-17-18(21)16-20/h18,21H,2-17,20H2,1H3. The molecule has 0 aromatic carbocycles.